The molecule has 1 aliphatic carbocycles. The number of carbonyl (C=O) groups is 1. The Bertz CT molecular complexity index is 199. The highest BCUT2D eigenvalue weighted by Gasteiger charge is 2.19. The van der Waals surface area contributed by atoms with Crippen LogP contribution in [0.3, 0.4) is 0 Å². The van der Waals surface area contributed by atoms with Gasteiger partial charge in [0.2, 0.25) is 0 Å². The van der Waals surface area contributed by atoms with Gasteiger partial charge in [0.05, 0.1) is 0 Å². The first-order chi connectivity index (χ1) is 5.13. The van der Waals surface area contributed by atoms with Gasteiger partial charge in [0, 0.05) is 6.42 Å². The lowest BCUT2D eigenvalue weighted by Gasteiger charge is -2.07. The van der Waals surface area contributed by atoms with Crippen molar-refractivity contribution in [2.75, 3.05) is 0 Å². The average Bonchev–Trinajstić information content (AvgIpc) is 2.33. The van der Waals surface area contributed by atoms with Crippen LogP contribution in [0.4, 0.5) is 0 Å². The highest BCUT2D eigenvalue weighted by Crippen LogP contribution is 2.26. The van der Waals surface area contributed by atoms with E-state index < -0.39 is 0 Å². The Morgan fingerprint density at radius 3 is 2.36 bits per heavy atom. The van der Waals surface area contributed by atoms with Gasteiger partial charge < -0.3 is 0 Å². The molecule has 1 rings (SSSR count). The predicted octanol–water partition coefficient (Wildman–Crippen LogP) is 2.71. The Labute approximate surface area is 68.5 Å². The van der Waals surface area contributed by atoms with E-state index in [4.69, 9.17) is 0 Å². The zero-order valence-electron chi connectivity index (χ0n) is 7.61. The molecule has 1 heteroatoms. The van der Waals surface area contributed by atoms with Gasteiger partial charge in [0.15, 0.2) is 5.78 Å². The second-order valence-corrected chi connectivity index (χ2v) is 3.59. The minimum atomic E-state index is 0.385. The maximum Gasteiger partial charge on any atom is 0.158 e. The lowest BCUT2D eigenvalue weighted by molar-refractivity contribution is -0.114. The first kappa shape index (κ1) is 8.51. The molecule has 11 heavy (non-hydrogen) atoms. The zero-order chi connectivity index (χ0) is 8.43. The summed E-state index contributed by atoms with van der Waals surface area (Å²) in [6, 6.07) is 0. The second kappa shape index (κ2) is 3.21. The molecule has 0 aliphatic heterocycles. The van der Waals surface area contributed by atoms with Gasteiger partial charge in [0.1, 0.15) is 0 Å². The van der Waals surface area contributed by atoms with Crippen LogP contribution in [0.1, 0.15) is 40.0 Å². The van der Waals surface area contributed by atoms with Gasteiger partial charge in [-0.3, -0.25) is 4.79 Å². The van der Waals surface area contributed by atoms with E-state index in [0.29, 0.717) is 11.7 Å². The van der Waals surface area contributed by atoms with Gasteiger partial charge in [-0.15, -0.1) is 0 Å². The van der Waals surface area contributed by atoms with Crippen molar-refractivity contribution in [3.63, 3.8) is 0 Å². The molecule has 0 unspecified atom stereocenters. The lowest BCUT2D eigenvalue weighted by Crippen LogP contribution is -2.00. The van der Waals surface area contributed by atoms with Crippen LogP contribution in [0.5, 0.6) is 0 Å². The predicted molar refractivity (Wildman–Crippen MR) is 46.4 cm³/mol. The SMILES string of the molecule is C/C(=C1/CCCC1=O)C(C)C. The van der Waals surface area contributed by atoms with Gasteiger partial charge in [-0.25, -0.2) is 0 Å². The van der Waals surface area contributed by atoms with E-state index in [0.717, 1.165) is 24.8 Å². The number of Topliss-reactive ketones (excluding diaryl/α,β-unsaturated/α-hetero) is 1. The molecule has 0 aromatic heterocycles. The lowest BCUT2D eigenvalue weighted by atomic mass is 9.98. The average molecular weight is 152 g/mol. The van der Waals surface area contributed by atoms with Crippen LogP contribution in [-0.4, -0.2) is 5.78 Å². The molecule has 0 heterocycles. The van der Waals surface area contributed by atoms with E-state index >= 15 is 0 Å². The van der Waals surface area contributed by atoms with Crippen LogP contribution in [0.15, 0.2) is 11.1 Å². The first-order valence-corrected chi connectivity index (χ1v) is 4.35. The van der Waals surface area contributed by atoms with E-state index in [2.05, 4.69) is 20.8 Å². The summed E-state index contributed by atoms with van der Waals surface area (Å²) in [5, 5.41) is 0. The second-order valence-electron chi connectivity index (χ2n) is 3.59. The third kappa shape index (κ3) is 1.70. The van der Waals surface area contributed by atoms with Crippen LogP contribution in [0, 0.1) is 5.92 Å². The maximum absolute atomic E-state index is 11.3. The summed E-state index contributed by atoms with van der Waals surface area (Å²) in [6.07, 6.45) is 2.86. The van der Waals surface area contributed by atoms with Crippen LogP contribution >= 0.6 is 0 Å². The Kier molecular flexibility index (Phi) is 2.48. The van der Waals surface area contributed by atoms with Gasteiger partial charge in [0.25, 0.3) is 0 Å². The Morgan fingerprint density at radius 1 is 1.36 bits per heavy atom. The summed E-state index contributed by atoms with van der Waals surface area (Å²) >= 11 is 0. The molecular formula is C10H16O. The molecule has 0 spiro atoms. The van der Waals surface area contributed by atoms with E-state index in [9.17, 15) is 4.79 Å². The molecule has 0 aromatic rings. The van der Waals surface area contributed by atoms with Crippen molar-refractivity contribution in [1.82, 2.24) is 0 Å². The Balaban J connectivity index is 2.85. The van der Waals surface area contributed by atoms with Crippen LogP contribution in [0.2, 0.25) is 0 Å². The van der Waals surface area contributed by atoms with Gasteiger partial charge in [-0.1, -0.05) is 19.4 Å². The fourth-order valence-corrected chi connectivity index (χ4v) is 1.48. The van der Waals surface area contributed by atoms with Gasteiger partial charge >= 0.3 is 0 Å². The minimum absolute atomic E-state index is 0.385. The van der Waals surface area contributed by atoms with Crippen molar-refractivity contribution in [3.05, 3.63) is 11.1 Å². The normalized spacial score (nSPS) is 23.1. The van der Waals surface area contributed by atoms with Crippen molar-refractivity contribution in [2.24, 2.45) is 5.92 Å². The molecule has 0 bridgehead atoms. The van der Waals surface area contributed by atoms with E-state index in [1.165, 1.54) is 5.57 Å². The number of carbonyl (C=O) groups excluding carboxylic acids is 1. The molecule has 0 N–H and O–H groups in total. The van der Waals surface area contributed by atoms with Crippen molar-refractivity contribution in [3.8, 4) is 0 Å². The molecule has 0 aromatic carbocycles. The molecule has 62 valence electrons. The molecule has 1 nitrogen and oxygen atoms in total. The third-order valence-corrected chi connectivity index (χ3v) is 2.51. The largest absolute Gasteiger partial charge is 0.295 e. The molecule has 1 aliphatic rings. The summed E-state index contributed by atoms with van der Waals surface area (Å²) in [7, 11) is 0. The van der Waals surface area contributed by atoms with Crippen molar-refractivity contribution < 1.29 is 4.79 Å². The molecule has 0 amide bonds. The third-order valence-electron chi connectivity index (χ3n) is 2.51. The number of allylic oxidation sites excluding steroid dienone is 2. The Morgan fingerprint density at radius 2 is 2.00 bits per heavy atom. The number of rotatable bonds is 1. The van der Waals surface area contributed by atoms with Gasteiger partial charge in [-0.05, 0) is 31.3 Å². The van der Waals surface area contributed by atoms with Crippen molar-refractivity contribution >= 4 is 5.78 Å². The van der Waals surface area contributed by atoms with Crippen molar-refractivity contribution in [2.45, 2.75) is 40.0 Å². The monoisotopic (exact) mass is 152 g/mol. The first-order valence-electron chi connectivity index (χ1n) is 4.35. The number of hydrogen-bond acceptors (Lipinski definition) is 1. The summed E-state index contributed by atoms with van der Waals surface area (Å²) in [6.45, 7) is 6.38. The minimum Gasteiger partial charge on any atom is -0.295 e. The van der Waals surface area contributed by atoms with Crippen LogP contribution < -0.4 is 0 Å². The molecule has 0 saturated heterocycles. The smallest absolute Gasteiger partial charge is 0.158 e. The summed E-state index contributed by atoms with van der Waals surface area (Å²) in [5.74, 6) is 0.920. The molecule has 0 atom stereocenters. The van der Waals surface area contributed by atoms with Crippen molar-refractivity contribution in [1.29, 1.82) is 0 Å². The fraction of sp³-hybridized carbons (Fsp3) is 0.700. The summed E-state index contributed by atoms with van der Waals surface area (Å²) in [5.41, 5.74) is 2.41. The summed E-state index contributed by atoms with van der Waals surface area (Å²) in [4.78, 5) is 11.3. The standard InChI is InChI=1S/C10H16O/c1-7(2)8(3)9-5-4-6-10(9)11/h7H,4-6H2,1-3H3/b9-8+. The molecule has 0 radical (unpaired) electrons. The van der Waals surface area contributed by atoms with Crippen LogP contribution in [0.25, 0.3) is 0 Å². The zero-order valence-corrected chi connectivity index (χ0v) is 7.61. The maximum atomic E-state index is 11.3. The molecular weight excluding hydrogens is 136 g/mol. The Hall–Kier alpha value is -0.590. The summed E-state index contributed by atoms with van der Waals surface area (Å²) < 4.78 is 0. The van der Waals surface area contributed by atoms with Gasteiger partial charge in [-0.2, -0.15) is 0 Å². The molecule has 1 saturated carbocycles. The fourth-order valence-electron chi connectivity index (χ4n) is 1.48. The van der Waals surface area contributed by atoms with E-state index in [1.807, 2.05) is 0 Å². The quantitative estimate of drug-likeness (QED) is 0.528. The molecule has 1 fully saturated rings. The van der Waals surface area contributed by atoms with Crippen LogP contribution in [-0.2, 0) is 4.79 Å². The number of hydrogen-bond donors (Lipinski definition) is 0. The van der Waals surface area contributed by atoms with E-state index in [1.54, 1.807) is 0 Å². The van der Waals surface area contributed by atoms with E-state index in [-0.39, 0.29) is 0 Å². The highest BCUT2D eigenvalue weighted by molar-refractivity contribution is 5.98. The topological polar surface area (TPSA) is 17.1 Å². The number of ketones is 1. The highest BCUT2D eigenvalue weighted by atomic mass is 16.1.